The van der Waals surface area contributed by atoms with Crippen LogP contribution >= 0.6 is 0 Å². The summed E-state index contributed by atoms with van der Waals surface area (Å²) in [6.07, 6.45) is 3.05. The van der Waals surface area contributed by atoms with Gasteiger partial charge in [0.25, 0.3) is 0 Å². The molecule has 1 aromatic rings. The molecule has 0 fully saturated rings. The number of rotatable bonds is 7. The van der Waals surface area contributed by atoms with E-state index in [1.54, 1.807) is 11.0 Å². The Bertz CT molecular complexity index is 515. The van der Waals surface area contributed by atoms with Gasteiger partial charge in [0.1, 0.15) is 15.7 Å². The largest absolute Gasteiger partial charge is 0.392 e. The van der Waals surface area contributed by atoms with E-state index in [2.05, 4.69) is 11.9 Å². The van der Waals surface area contributed by atoms with Crippen LogP contribution in [0, 0.1) is 0 Å². The molecule has 19 heavy (non-hydrogen) atoms. The molecule has 0 atom stereocenters. The van der Waals surface area contributed by atoms with E-state index in [0.29, 0.717) is 12.4 Å². The third-order valence-electron chi connectivity index (χ3n) is 2.80. The standard InChI is InChI=1S/C13H22N2O3S/c1-4-5-12-8-11(10-16)9-13(14-12)15(2)6-7-19(3,17)18/h8-9,16H,4-7,10H2,1-3H3. The highest BCUT2D eigenvalue weighted by Crippen LogP contribution is 2.15. The SMILES string of the molecule is CCCc1cc(CO)cc(N(C)CCS(C)(=O)=O)n1. The molecule has 108 valence electrons. The van der Waals surface area contributed by atoms with Crippen LogP contribution in [0.2, 0.25) is 0 Å². The summed E-state index contributed by atoms with van der Waals surface area (Å²) in [5.74, 6) is 0.802. The maximum atomic E-state index is 11.2. The first kappa shape index (κ1) is 15.9. The number of aromatic nitrogens is 1. The zero-order valence-electron chi connectivity index (χ0n) is 11.8. The normalized spacial score (nSPS) is 11.6. The molecule has 0 amide bonds. The lowest BCUT2D eigenvalue weighted by atomic mass is 10.1. The zero-order chi connectivity index (χ0) is 14.5. The van der Waals surface area contributed by atoms with E-state index < -0.39 is 9.84 Å². The minimum atomic E-state index is -2.98. The van der Waals surface area contributed by atoms with Crippen LogP contribution in [0.5, 0.6) is 0 Å². The van der Waals surface area contributed by atoms with Crippen molar-refractivity contribution in [3.05, 3.63) is 23.4 Å². The Hall–Kier alpha value is -1.14. The van der Waals surface area contributed by atoms with Gasteiger partial charge in [0.05, 0.1) is 12.4 Å². The van der Waals surface area contributed by atoms with E-state index in [1.807, 2.05) is 13.1 Å². The Morgan fingerprint density at radius 3 is 2.58 bits per heavy atom. The lowest BCUT2D eigenvalue weighted by Gasteiger charge is -2.19. The molecule has 1 N–H and O–H groups in total. The fraction of sp³-hybridized carbons (Fsp3) is 0.615. The summed E-state index contributed by atoms with van der Waals surface area (Å²) in [6, 6.07) is 3.68. The van der Waals surface area contributed by atoms with Crippen molar-refractivity contribution in [1.82, 2.24) is 4.98 Å². The molecule has 1 aromatic heterocycles. The van der Waals surface area contributed by atoms with Crippen molar-refractivity contribution in [3.8, 4) is 0 Å². The van der Waals surface area contributed by atoms with Crippen LogP contribution in [0.3, 0.4) is 0 Å². The molecule has 0 saturated carbocycles. The molecular weight excluding hydrogens is 264 g/mol. The first-order valence-electron chi connectivity index (χ1n) is 6.35. The van der Waals surface area contributed by atoms with Crippen LogP contribution in [-0.2, 0) is 22.9 Å². The summed E-state index contributed by atoms with van der Waals surface area (Å²) < 4.78 is 22.3. The van der Waals surface area contributed by atoms with E-state index in [1.165, 1.54) is 6.26 Å². The maximum absolute atomic E-state index is 11.2. The van der Waals surface area contributed by atoms with Gasteiger partial charge in [0, 0.05) is 25.5 Å². The highest BCUT2D eigenvalue weighted by atomic mass is 32.2. The molecule has 1 rings (SSSR count). The van der Waals surface area contributed by atoms with Crippen LogP contribution < -0.4 is 4.90 Å². The first-order chi connectivity index (χ1) is 8.85. The number of nitrogens with zero attached hydrogens (tertiary/aromatic N) is 2. The second-order valence-electron chi connectivity index (χ2n) is 4.78. The minimum Gasteiger partial charge on any atom is -0.392 e. The van der Waals surface area contributed by atoms with Crippen molar-refractivity contribution >= 4 is 15.7 Å². The van der Waals surface area contributed by atoms with E-state index >= 15 is 0 Å². The van der Waals surface area contributed by atoms with Crippen molar-refractivity contribution in [3.63, 3.8) is 0 Å². The predicted molar refractivity (Wildman–Crippen MR) is 77.1 cm³/mol. The molecule has 0 aliphatic heterocycles. The number of aliphatic hydroxyl groups is 1. The molecule has 0 radical (unpaired) electrons. The topological polar surface area (TPSA) is 70.5 Å². The monoisotopic (exact) mass is 286 g/mol. The molecular formula is C13H22N2O3S. The average Bonchev–Trinajstić information content (AvgIpc) is 2.35. The van der Waals surface area contributed by atoms with Crippen molar-refractivity contribution in [2.45, 2.75) is 26.4 Å². The van der Waals surface area contributed by atoms with Crippen molar-refractivity contribution in [2.24, 2.45) is 0 Å². The third kappa shape index (κ3) is 5.57. The molecule has 0 spiro atoms. The number of aryl methyl sites for hydroxylation is 1. The second kappa shape index (κ2) is 6.86. The number of hydrogen-bond donors (Lipinski definition) is 1. The molecule has 0 bridgehead atoms. The summed E-state index contributed by atoms with van der Waals surface area (Å²) in [6.45, 7) is 2.43. The third-order valence-corrected chi connectivity index (χ3v) is 3.73. The summed E-state index contributed by atoms with van der Waals surface area (Å²) in [4.78, 5) is 6.30. The molecule has 1 heterocycles. The van der Waals surface area contributed by atoms with E-state index in [-0.39, 0.29) is 12.4 Å². The highest BCUT2D eigenvalue weighted by Gasteiger charge is 2.09. The number of pyridine rings is 1. The number of aliphatic hydroxyl groups excluding tert-OH is 1. The fourth-order valence-electron chi connectivity index (χ4n) is 1.72. The molecule has 0 aromatic carbocycles. The number of anilines is 1. The fourth-order valence-corrected chi connectivity index (χ4v) is 2.33. The van der Waals surface area contributed by atoms with Crippen LogP contribution in [0.1, 0.15) is 24.6 Å². The highest BCUT2D eigenvalue weighted by molar-refractivity contribution is 7.90. The Kier molecular flexibility index (Phi) is 5.75. The average molecular weight is 286 g/mol. The first-order valence-corrected chi connectivity index (χ1v) is 8.41. The predicted octanol–water partition coefficient (Wildman–Crippen LogP) is 1.01. The Labute approximate surface area is 115 Å². The van der Waals surface area contributed by atoms with Gasteiger partial charge in [-0.15, -0.1) is 0 Å². The van der Waals surface area contributed by atoms with Gasteiger partial charge >= 0.3 is 0 Å². The molecule has 0 saturated heterocycles. The Balaban J connectivity index is 2.88. The summed E-state index contributed by atoms with van der Waals surface area (Å²) >= 11 is 0. The van der Waals surface area contributed by atoms with Crippen LogP contribution in [0.15, 0.2) is 12.1 Å². The van der Waals surface area contributed by atoms with Gasteiger partial charge in [-0.25, -0.2) is 13.4 Å². The Morgan fingerprint density at radius 2 is 2.05 bits per heavy atom. The van der Waals surface area contributed by atoms with Crippen molar-refractivity contribution in [2.75, 3.05) is 30.5 Å². The van der Waals surface area contributed by atoms with Crippen molar-refractivity contribution < 1.29 is 13.5 Å². The second-order valence-corrected chi connectivity index (χ2v) is 7.04. The zero-order valence-corrected chi connectivity index (χ0v) is 12.6. The van der Waals surface area contributed by atoms with E-state index in [0.717, 1.165) is 24.1 Å². The molecule has 6 heteroatoms. The maximum Gasteiger partial charge on any atom is 0.149 e. The smallest absolute Gasteiger partial charge is 0.149 e. The lowest BCUT2D eigenvalue weighted by Crippen LogP contribution is -2.26. The van der Waals surface area contributed by atoms with Gasteiger partial charge in [0.15, 0.2) is 0 Å². The molecule has 0 unspecified atom stereocenters. The molecule has 0 aliphatic carbocycles. The summed E-state index contributed by atoms with van der Waals surface area (Å²) in [5.41, 5.74) is 1.73. The minimum absolute atomic E-state index is 0.0356. The van der Waals surface area contributed by atoms with E-state index in [4.69, 9.17) is 0 Å². The van der Waals surface area contributed by atoms with Crippen LogP contribution in [0.4, 0.5) is 5.82 Å². The van der Waals surface area contributed by atoms with Gasteiger partial charge in [0.2, 0.25) is 0 Å². The Morgan fingerprint density at radius 1 is 1.37 bits per heavy atom. The molecule has 5 nitrogen and oxygen atoms in total. The van der Waals surface area contributed by atoms with Gasteiger partial charge in [-0.1, -0.05) is 13.3 Å². The van der Waals surface area contributed by atoms with E-state index in [9.17, 15) is 13.5 Å². The van der Waals surface area contributed by atoms with Gasteiger partial charge < -0.3 is 10.0 Å². The summed E-state index contributed by atoms with van der Waals surface area (Å²) in [7, 11) is -1.17. The van der Waals surface area contributed by atoms with Crippen LogP contribution in [-0.4, -0.2) is 44.1 Å². The number of hydrogen-bond acceptors (Lipinski definition) is 5. The van der Waals surface area contributed by atoms with Crippen molar-refractivity contribution in [1.29, 1.82) is 0 Å². The summed E-state index contributed by atoms with van der Waals surface area (Å²) in [5, 5.41) is 9.25. The number of sulfone groups is 1. The van der Waals surface area contributed by atoms with Gasteiger partial charge in [-0.2, -0.15) is 0 Å². The van der Waals surface area contributed by atoms with Gasteiger partial charge in [-0.3, -0.25) is 0 Å². The van der Waals surface area contributed by atoms with Crippen LogP contribution in [0.25, 0.3) is 0 Å². The quantitative estimate of drug-likeness (QED) is 0.810. The van der Waals surface area contributed by atoms with Gasteiger partial charge in [-0.05, 0) is 24.1 Å². The molecule has 0 aliphatic rings. The lowest BCUT2D eigenvalue weighted by molar-refractivity contribution is 0.281.